The molecule has 0 aliphatic carbocycles. The van der Waals surface area contributed by atoms with Crippen LogP contribution in [0.5, 0.6) is 0 Å². The van der Waals surface area contributed by atoms with Gasteiger partial charge in [0.1, 0.15) is 0 Å². The van der Waals surface area contributed by atoms with Crippen LogP contribution < -0.4 is 4.90 Å². The number of carboxylic acids is 1. The predicted octanol–water partition coefficient (Wildman–Crippen LogP) is 1.59. The Hall–Kier alpha value is -2.04. The van der Waals surface area contributed by atoms with Gasteiger partial charge in [0.05, 0.1) is 12.5 Å². The summed E-state index contributed by atoms with van der Waals surface area (Å²) in [6.45, 7) is 4.64. The third-order valence-corrected chi connectivity index (χ3v) is 3.74. The highest BCUT2D eigenvalue weighted by molar-refractivity contribution is 5.75. The van der Waals surface area contributed by atoms with E-state index in [0.717, 1.165) is 5.69 Å². The molecule has 1 aromatic rings. The van der Waals surface area contributed by atoms with Gasteiger partial charge in [0.2, 0.25) is 5.91 Å². The first-order valence-electron chi connectivity index (χ1n) is 6.79. The molecule has 5 heteroatoms. The number of aliphatic carboxylic acids is 1. The number of carbonyl (C=O) groups excluding carboxylic acids is 1. The second-order valence-corrected chi connectivity index (χ2v) is 5.26. The van der Waals surface area contributed by atoms with E-state index in [1.807, 2.05) is 37.3 Å². The fourth-order valence-electron chi connectivity index (χ4n) is 2.79. The normalized spacial score (nSPS) is 22.7. The van der Waals surface area contributed by atoms with Crippen molar-refractivity contribution in [3.63, 3.8) is 0 Å². The number of anilines is 1. The van der Waals surface area contributed by atoms with Gasteiger partial charge in [-0.25, -0.2) is 0 Å². The summed E-state index contributed by atoms with van der Waals surface area (Å²) in [5, 5.41) is 9.09. The zero-order chi connectivity index (χ0) is 14.7. The number of piperazine rings is 1. The van der Waals surface area contributed by atoms with Crippen molar-refractivity contribution >= 4 is 17.6 Å². The van der Waals surface area contributed by atoms with Crippen molar-refractivity contribution in [2.45, 2.75) is 32.4 Å². The second kappa shape index (κ2) is 5.94. The molecule has 1 aliphatic rings. The highest BCUT2D eigenvalue weighted by Gasteiger charge is 2.34. The Morgan fingerprint density at radius 1 is 1.25 bits per heavy atom. The van der Waals surface area contributed by atoms with Gasteiger partial charge in [-0.1, -0.05) is 18.2 Å². The highest BCUT2D eigenvalue weighted by Crippen LogP contribution is 2.24. The van der Waals surface area contributed by atoms with E-state index in [4.69, 9.17) is 5.11 Å². The lowest BCUT2D eigenvalue weighted by molar-refractivity contribution is -0.139. The summed E-state index contributed by atoms with van der Waals surface area (Å²) >= 11 is 0. The largest absolute Gasteiger partial charge is 0.481 e. The lowest BCUT2D eigenvalue weighted by atomic mass is 10.0. The minimum atomic E-state index is -0.839. The molecule has 20 heavy (non-hydrogen) atoms. The summed E-state index contributed by atoms with van der Waals surface area (Å²) in [5.41, 5.74) is 1.01. The monoisotopic (exact) mass is 276 g/mol. The summed E-state index contributed by atoms with van der Waals surface area (Å²) in [7, 11) is 0. The maximum atomic E-state index is 11.6. The number of amides is 1. The summed E-state index contributed by atoms with van der Waals surface area (Å²) < 4.78 is 0. The molecule has 1 heterocycles. The van der Waals surface area contributed by atoms with Crippen LogP contribution in [0.2, 0.25) is 0 Å². The van der Waals surface area contributed by atoms with Crippen molar-refractivity contribution in [2.24, 2.45) is 0 Å². The molecule has 5 nitrogen and oxygen atoms in total. The van der Waals surface area contributed by atoms with Gasteiger partial charge in [-0.3, -0.25) is 9.59 Å². The standard InChI is InChI=1S/C15H20N2O3/c1-11-9-17(13-6-4-3-5-7-13)14(8-15(19)20)10-16(11)12(2)18/h3-7,11,14H,8-10H2,1-2H3,(H,19,20)/t11-,14-/m1/s1. The number of carboxylic acid groups (broad SMARTS) is 1. The van der Waals surface area contributed by atoms with Crippen LogP contribution in [-0.2, 0) is 9.59 Å². The molecule has 0 aromatic heterocycles. The van der Waals surface area contributed by atoms with Crippen molar-refractivity contribution in [3.05, 3.63) is 30.3 Å². The molecular weight excluding hydrogens is 256 g/mol. The summed E-state index contributed by atoms with van der Waals surface area (Å²) in [5.74, 6) is -0.838. The number of benzene rings is 1. The van der Waals surface area contributed by atoms with Crippen LogP contribution in [0.3, 0.4) is 0 Å². The zero-order valence-corrected chi connectivity index (χ0v) is 11.8. The molecule has 0 radical (unpaired) electrons. The topological polar surface area (TPSA) is 60.9 Å². The molecule has 108 valence electrons. The first kappa shape index (κ1) is 14.4. The van der Waals surface area contributed by atoms with Gasteiger partial charge in [-0.05, 0) is 19.1 Å². The number of rotatable bonds is 3. The maximum Gasteiger partial charge on any atom is 0.305 e. The van der Waals surface area contributed by atoms with Crippen LogP contribution in [0.4, 0.5) is 5.69 Å². The Morgan fingerprint density at radius 3 is 2.45 bits per heavy atom. The minimum Gasteiger partial charge on any atom is -0.481 e. The van der Waals surface area contributed by atoms with Crippen LogP contribution in [0.15, 0.2) is 30.3 Å². The number of nitrogens with zero attached hydrogens (tertiary/aromatic N) is 2. The number of hydrogen-bond donors (Lipinski definition) is 1. The lowest BCUT2D eigenvalue weighted by Gasteiger charge is -2.45. The summed E-state index contributed by atoms with van der Waals surface area (Å²) in [6, 6.07) is 9.67. The van der Waals surface area contributed by atoms with Gasteiger partial charge in [-0.15, -0.1) is 0 Å². The molecule has 1 aromatic carbocycles. The Morgan fingerprint density at radius 2 is 1.90 bits per heavy atom. The number of para-hydroxylation sites is 1. The van der Waals surface area contributed by atoms with E-state index in [2.05, 4.69) is 4.90 Å². The Bertz CT molecular complexity index is 489. The van der Waals surface area contributed by atoms with E-state index in [9.17, 15) is 9.59 Å². The quantitative estimate of drug-likeness (QED) is 0.910. The van der Waals surface area contributed by atoms with Gasteiger partial charge < -0.3 is 14.9 Å². The third-order valence-electron chi connectivity index (χ3n) is 3.74. The van der Waals surface area contributed by atoms with Crippen LogP contribution in [0.1, 0.15) is 20.3 Å². The SMILES string of the molecule is CC(=O)N1C[C@@H](CC(=O)O)N(c2ccccc2)C[C@H]1C. The molecule has 2 rings (SSSR count). The molecule has 1 saturated heterocycles. The van der Waals surface area contributed by atoms with E-state index in [1.54, 1.807) is 4.90 Å². The molecule has 1 N–H and O–H groups in total. The number of carbonyl (C=O) groups is 2. The molecule has 1 fully saturated rings. The molecule has 1 amide bonds. The van der Waals surface area contributed by atoms with E-state index in [-0.39, 0.29) is 24.4 Å². The van der Waals surface area contributed by atoms with E-state index < -0.39 is 5.97 Å². The van der Waals surface area contributed by atoms with E-state index in [0.29, 0.717) is 13.1 Å². The second-order valence-electron chi connectivity index (χ2n) is 5.26. The highest BCUT2D eigenvalue weighted by atomic mass is 16.4. The zero-order valence-electron chi connectivity index (χ0n) is 11.8. The maximum absolute atomic E-state index is 11.6. The minimum absolute atomic E-state index is 0.000556. The van der Waals surface area contributed by atoms with Crippen molar-refractivity contribution < 1.29 is 14.7 Å². The fraction of sp³-hybridized carbons (Fsp3) is 0.467. The Labute approximate surface area is 118 Å². The number of hydrogen-bond acceptors (Lipinski definition) is 3. The summed E-state index contributed by atoms with van der Waals surface area (Å²) in [6.07, 6.45) is 0.0331. The van der Waals surface area contributed by atoms with Crippen LogP contribution in [0.25, 0.3) is 0 Å². The first-order chi connectivity index (χ1) is 9.49. The van der Waals surface area contributed by atoms with Gasteiger partial charge in [0.15, 0.2) is 0 Å². The van der Waals surface area contributed by atoms with Crippen molar-refractivity contribution in [1.29, 1.82) is 0 Å². The molecule has 2 atom stereocenters. The van der Waals surface area contributed by atoms with E-state index >= 15 is 0 Å². The average molecular weight is 276 g/mol. The molecule has 0 spiro atoms. The molecule has 0 saturated carbocycles. The van der Waals surface area contributed by atoms with Crippen LogP contribution in [-0.4, -0.2) is 47.1 Å². The molecule has 1 aliphatic heterocycles. The lowest BCUT2D eigenvalue weighted by Crippen LogP contribution is -2.59. The van der Waals surface area contributed by atoms with Gasteiger partial charge in [0, 0.05) is 31.7 Å². The third kappa shape index (κ3) is 3.10. The van der Waals surface area contributed by atoms with Crippen LogP contribution >= 0.6 is 0 Å². The van der Waals surface area contributed by atoms with E-state index in [1.165, 1.54) is 6.92 Å². The Balaban J connectivity index is 2.25. The first-order valence-corrected chi connectivity index (χ1v) is 6.79. The average Bonchev–Trinajstić information content (AvgIpc) is 2.40. The predicted molar refractivity (Wildman–Crippen MR) is 76.7 cm³/mol. The van der Waals surface area contributed by atoms with Crippen molar-refractivity contribution in [1.82, 2.24) is 4.90 Å². The van der Waals surface area contributed by atoms with Crippen molar-refractivity contribution in [3.8, 4) is 0 Å². The molecule has 0 bridgehead atoms. The van der Waals surface area contributed by atoms with Crippen LogP contribution in [0, 0.1) is 0 Å². The van der Waals surface area contributed by atoms with Crippen molar-refractivity contribution in [2.75, 3.05) is 18.0 Å². The fourth-order valence-corrected chi connectivity index (χ4v) is 2.79. The smallest absolute Gasteiger partial charge is 0.305 e. The molecule has 0 unspecified atom stereocenters. The van der Waals surface area contributed by atoms with Gasteiger partial charge in [-0.2, -0.15) is 0 Å². The van der Waals surface area contributed by atoms with Gasteiger partial charge >= 0.3 is 5.97 Å². The Kier molecular flexibility index (Phi) is 4.27. The van der Waals surface area contributed by atoms with Gasteiger partial charge in [0.25, 0.3) is 0 Å². The summed E-state index contributed by atoms with van der Waals surface area (Å²) in [4.78, 5) is 26.6. The molecular formula is C15H20N2O3.